The van der Waals surface area contributed by atoms with E-state index in [2.05, 4.69) is 26.2 Å². The van der Waals surface area contributed by atoms with Crippen molar-refractivity contribution in [2.45, 2.75) is 6.61 Å². The molecule has 0 atom stereocenters. The van der Waals surface area contributed by atoms with Gasteiger partial charge >= 0.3 is 0 Å². The zero-order valence-electron chi connectivity index (χ0n) is 14.1. The van der Waals surface area contributed by atoms with Gasteiger partial charge in [-0.1, -0.05) is 22.0 Å². The molecule has 0 aliphatic heterocycles. The maximum atomic E-state index is 12.4. The van der Waals surface area contributed by atoms with E-state index in [1.807, 2.05) is 24.3 Å². The summed E-state index contributed by atoms with van der Waals surface area (Å²) < 4.78 is 12.1. The molecule has 0 spiro atoms. The Kier molecular flexibility index (Phi) is 5.86. The second kappa shape index (κ2) is 8.49. The Balaban J connectivity index is 1.74. The van der Waals surface area contributed by atoms with E-state index in [4.69, 9.17) is 9.47 Å². The summed E-state index contributed by atoms with van der Waals surface area (Å²) in [6, 6.07) is 16.2. The zero-order valence-corrected chi connectivity index (χ0v) is 15.7. The summed E-state index contributed by atoms with van der Waals surface area (Å²) in [4.78, 5) is 16.4. The molecule has 3 rings (SSSR count). The van der Waals surface area contributed by atoms with Gasteiger partial charge in [0.05, 0.1) is 7.11 Å². The minimum Gasteiger partial charge on any atom is -0.493 e. The summed E-state index contributed by atoms with van der Waals surface area (Å²) in [5.41, 5.74) is 2.14. The fraction of sp³-hybridized carbons (Fsp3) is 0.100. The van der Waals surface area contributed by atoms with Gasteiger partial charge in [0.25, 0.3) is 5.91 Å². The monoisotopic (exact) mass is 412 g/mol. The quantitative estimate of drug-likeness (QED) is 0.638. The maximum absolute atomic E-state index is 12.4. The largest absolute Gasteiger partial charge is 0.493 e. The molecule has 6 heteroatoms. The molecule has 1 amide bonds. The average Bonchev–Trinajstić information content (AvgIpc) is 2.68. The Morgan fingerprint density at radius 3 is 2.62 bits per heavy atom. The standard InChI is InChI=1S/C20H17BrN2O3/c1-25-18-9-8-17(23-20(24)15-4-6-16(21)7-5-15)11-19(18)26-13-14-3-2-10-22-12-14/h2-12H,13H2,1H3,(H,23,24). The number of methoxy groups -OCH3 is 1. The molecule has 1 heterocycles. The Bertz CT molecular complexity index is 883. The Labute approximate surface area is 160 Å². The third kappa shape index (κ3) is 4.61. The minimum absolute atomic E-state index is 0.194. The van der Waals surface area contributed by atoms with Gasteiger partial charge in [-0.05, 0) is 42.5 Å². The van der Waals surface area contributed by atoms with Gasteiger partial charge in [-0.25, -0.2) is 0 Å². The predicted molar refractivity (Wildman–Crippen MR) is 104 cm³/mol. The SMILES string of the molecule is COc1ccc(NC(=O)c2ccc(Br)cc2)cc1OCc1cccnc1. The van der Waals surface area contributed by atoms with Crippen LogP contribution in [0, 0.1) is 0 Å². The Morgan fingerprint density at radius 1 is 1.12 bits per heavy atom. The first-order valence-electron chi connectivity index (χ1n) is 7.92. The second-order valence-electron chi connectivity index (χ2n) is 5.48. The van der Waals surface area contributed by atoms with E-state index >= 15 is 0 Å². The van der Waals surface area contributed by atoms with Crippen molar-refractivity contribution in [1.29, 1.82) is 0 Å². The lowest BCUT2D eigenvalue weighted by atomic mass is 10.2. The lowest BCUT2D eigenvalue weighted by Crippen LogP contribution is -2.11. The van der Waals surface area contributed by atoms with Crippen LogP contribution in [0.25, 0.3) is 0 Å². The summed E-state index contributed by atoms with van der Waals surface area (Å²) in [5, 5.41) is 2.87. The lowest BCUT2D eigenvalue weighted by Gasteiger charge is -2.13. The van der Waals surface area contributed by atoms with Crippen LogP contribution in [-0.2, 0) is 6.61 Å². The molecule has 132 valence electrons. The van der Waals surface area contributed by atoms with Crippen LogP contribution in [0.15, 0.2) is 71.5 Å². The molecular weight excluding hydrogens is 396 g/mol. The number of aromatic nitrogens is 1. The van der Waals surface area contributed by atoms with E-state index in [1.54, 1.807) is 49.8 Å². The number of rotatable bonds is 6. The molecule has 1 aromatic heterocycles. The number of amides is 1. The highest BCUT2D eigenvalue weighted by Gasteiger charge is 2.10. The van der Waals surface area contributed by atoms with Gasteiger partial charge in [-0.3, -0.25) is 9.78 Å². The number of carbonyl (C=O) groups excluding carboxylic acids is 1. The van der Waals surface area contributed by atoms with Crippen LogP contribution >= 0.6 is 15.9 Å². The van der Waals surface area contributed by atoms with Crippen molar-refractivity contribution in [2.75, 3.05) is 12.4 Å². The number of hydrogen-bond donors (Lipinski definition) is 1. The van der Waals surface area contributed by atoms with E-state index in [-0.39, 0.29) is 5.91 Å². The fourth-order valence-electron chi connectivity index (χ4n) is 2.32. The van der Waals surface area contributed by atoms with Gasteiger partial charge in [0, 0.05) is 39.7 Å². The topological polar surface area (TPSA) is 60.5 Å². The van der Waals surface area contributed by atoms with Crippen molar-refractivity contribution in [2.24, 2.45) is 0 Å². The molecule has 0 aliphatic rings. The number of ether oxygens (including phenoxy) is 2. The molecule has 1 N–H and O–H groups in total. The van der Waals surface area contributed by atoms with Crippen LogP contribution in [0.3, 0.4) is 0 Å². The minimum atomic E-state index is -0.194. The summed E-state index contributed by atoms with van der Waals surface area (Å²) >= 11 is 3.36. The van der Waals surface area contributed by atoms with E-state index in [0.29, 0.717) is 29.4 Å². The molecular formula is C20H17BrN2O3. The number of pyridine rings is 1. The van der Waals surface area contributed by atoms with Crippen LogP contribution in [0.1, 0.15) is 15.9 Å². The van der Waals surface area contributed by atoms with Crippen LogP contribution < -0.4 is 14.8 Å². The highest BCUT2D eigenvalue weighted by atomic mass is 79.9. The van der Waals surface area contributed by atoms with Gasteiger partial charge in [0.2, 0.25) is 0 Å². The predicted octanol–water partition coefficient (Wildman–Crippen LogP) is 4.68. The zero-order chi connectivity index (χ0) is 18.4. The van der Waals surface area contributed by atoms with E-state index in [1.165, 1.54) is 0 Å². The molecule has 3 aromatic rings. The van der Waals surface area contributed by atoms with E-state index in [9.17, 15) is 4.79 Å². The number of carbonyl (C=O) groups is 1. The van der Waals surface area contributed by atoms with Gasteiger partial charge in [0.15, 0.2) is 11.5 Å². The Hall–Kier alpha value is -2.86. The first-order valence-corrected chi connectivity index (χ1v) is 8.71. The maximum Gasteiger partial charge on any atom is 0.255 e. The summed E-state index contributed by atoms with van der Waals surface area (Å²) in [5.74, 6) is 0.946. The normalized spacial score (nSPS) is 10.2. The number of halogens is 1. The molecule has 0 saturated heterocycles. The molecule has 0 unspecified atom stereocenters. The van der Waals surface area contributed by atoms with Gasteiger partial charge in [-0.15, -0.1) is 0 Å². The van der Waals surface area contributed by atoms with Crippen molar-refractivity contribution in [3.05, 3.63) is 82.6 Å². The van der Waals surface area contributed by atoms with Crippen molar-refractivity contribution in [1.82, 2.24) is 4.98 Å². The smallest absolute Gasteiger partial charge is 0.255 e. The molecule has 0 fully saturated rings. The first-order chi connectivity index (χ1) is 12.7. The number of hydrogen-bond acceptors (Lipinski definition) is 4. The van der Waals surface area contributed by atoms with Crippen LogP contribution in [0.4, 0.5) is 5.69 Å². The van der Waals surface area contributed by atoms with Crippen molar-refractivity contribution < 1.29 is 14.3 Å². The van der Waals surface area contributed by atoms with Crippen molar-refractivity contribution >= 4 is 27.5 Å². The van der Waals surface area contributed by atoms with Gasteiger partial charge in [-0.2, -0.15) is 0 Å². The number of benzene rings is 2. The van der Waals surface area contributed by atoms with Crippen molar-refractivity contribution in [3.8, 4) is 11.5 Å². The Morgan fingerprint density at radius 2 is 1.92 bits per heavy atom. The molecule has 0 saturated carbocycles. The summed E-state index contributed by atoms with van der Waals surface area (Å²) in [7, 11) is 1.58. The van der Waals surface area contributed by atoms with E-state index in [0.717, 1.165) is 10.0 Å². The molecule has 26 heavy (non-hydrogen) atoms. The number of nitrogens with one attached hydrogen (secondary N) is 1. The lowest BCUT2D eigenvalue weighted by molar-refractivity contribution is 0.102. The fourth-order valence-corrected chi connectivity index (χ4v) is 2.58. The van der Waals surface area contributed by atoms with Crippen LogP contribution in [-0.4, -0.2) is 18.0 Å². The van der Waals surface area contributed by atoms with Gasteiger partial charge in [0.1, 0.15) is 6.61 Å². The third-order valence-electron chi connectivity index (χ3n) is 3.65. The van der Waals surface area contributed by atoms with E-state index < -0.39 is 0 Å². The first kappa shape index (κ1) is 17.9. The third-order valence-corrected chi connectivity index (χ3v) is 4.17. The molecule has 0 aliphatic carbocycles. The van der Waals surface area contributed by atoms with Crippen molar-refractivity contribution in [3.63, 3.8) is 0 Å². The molecule has 5 nitrogen and oxygen atoms in total. The van der Waals surface area contributed by atoms with Crippen LogP contribution in [0.2, 0.25) is 0 Å². The second-order valence-corrected chi connectivity index (χ2v) is 6.39. The number of nitrogens with zero attached hydrogens (tertiary/aromatic N) is 1. The highest BCUT2D eigenvalue weighted by Crippen LogP contribution is 2.31. The van der Waals surface area contributed by atoms with Crippen LogP contribution in [0.5, 0.6) is 11.5 Å². The molecule has 2 aromatic carbocycles. The molecule has 0 radical (unpaired) electrons. The highest BCUT2D eigenvalue weighted by molar-refractivity contribution is 9.10. The molecule has 0 bridgehead atoms. The number of anilines is 1. The summed E-state index contributed by atoms with van der Waals surface area (Å²) in [6.07, 6.45) is 3.45. The summed E-state index contributed by atoms with van der Waals surface area (Å²) in [6.45, 7) is 0.355. The average molecular weight is 413 g/mol. The van der Waals surface area contributed by atoms with Gasteiger partial charge < -0.3 is 14.8 Å².